The fraction of sp³-hybridized carbons (Fsp3) is 0.304. The molecule has 0 aliphatic heterocycles. The van der Waals surface area contributed by atoms with Crippen LogP contribution in [0, 0.1) is 12.8 Å². The zero-order chi connectivity index (χ0) is 23.2. The lowest BCUT2D eigenvalue weighted by molar-refractivity contribution is 0.0698. The third kappa shape index (κ3) is 3.58. The Balaban J connectivity index is 2.15. The topological polar surface area (TPSA) is 110 Å². The minimum atomic E-state index is -1.20. The van der Waals surface area contributed by atoms with Crippen molar-refractivity contribution in [1.82, 2.24) is 19.3 Å². The summed E-state index contributed by atoms with van der Waals surface area (Å²) in [6.07, 6.45) is 3.38. The summed E-state index contributed by atoms with van der Waals surface area (Å²) in [5.74, 6) is -1.52. The van der Waals surface area contributed by atoms with Gasteiger partial charge in [0, 0.05) is 36.1 Å². The first kappa shape index (κ1) is 21.8. The Labute approximate surface area is 187 Å². The number of carboxylic acids is 1. The smallest absolute Gasteiger partial charge is 0.337 e. The largest absolute Gasteiger partial charge is 0.478 e. The molecule has 8 nitrogen and oxygen atoms in total. The fourth-order valence-corrected chi connectivity index (χ4v) is 5.50. The van der Waals surface area contributed by atoms with E-state index in [0.29, 0.717) is 16.3 Å². The number of hydrogen-bond acceptors (Lipinski definition) is 5. The van der Waals surface area contributed by atoms with Gasteiger partial charge in [-0.05, 0) is 18.4 Å². The highest BCUT2D eigenvalue weighted by Gasteiger charge is 2.31. The van der Waals surface area contributed by atoms with Gasteiger partial charge in [-0.2, -0.15) is 5.10 Å². The van der Waals surface area contributed by atoms with E-state index in [0.717, 1.165) is 21.3 Å². The van der Waals surface area contributed by atoms with Crippen LogP contribution in [0.1, 0.15) is 51.7 Å². The van der Waals surface area contributed by atoms with Gasteiger partial charge in [0.05, 0.1) is 17.1 Å². The molecule has 0 spiro atoms. The van der Waals surface area contributed by atoms with E-state index in [-0.39, 0.29) is 16.9 Å². The van der Waals surface area contributed by atoms with Crippen molar-refractivity contribution in [2.45, 2.75) is 33.2 Å². The van der Waals surface area contributed by atoms with E-state index in [1.807, 2.05) is 45.0 Å². The Hall–Kier alpha value is -3.46. The number of aryl methyl sites for hydroxylation is 1. The number of carboxylic acid groups (broad SMARTS) is 1. The molecule has 32 heavy (non-hydrogen) atoms. The van der Waals surface area contributed by atoms with Gasteiger partial charge in [-0.1, -0.05) is 43.7 Å². The average Bonchev–Trinajstić information content (AvgIpc) is 3.38. The van der Waals surface area contributed by atoms with Crippen molar-refractivity contribution < 1.29 is 9.90 Å². The summed E-state index contributed by atoms with van der Waals surface area (Å²) in [4.78, 5) is 39.4. The van der Waals surface area contributed by atoms with E-state index in [9.17, 15) is 19.5 Å². The molecule has 4 rings (SSSR count). The third-order valence-electron chi connectivity index (χ3n) is 5.45. The van der Waals surface area contributed by atoms with Crippen molar-refractivity contribution >= 4 is 27.5 Å². The predicted molar refractivity (Wildman–Crippen MR) is 124 cm³/mol. The maximum Gasteiger partial charge on any atom is 0.337 e. The quantitative estimate of drug-likeness (QED) is 0.466. The second-order valence-electron chi connectivity index (χ2n) is 8.36. The van der Waals surface area contributed by atoms with Crippen LogP contribution in [0.2, 0.25) is 0 Å². The Morgan fingerprint density at radius 3 is 2.59 bits per heavy atom. The number of carbonyl (C=O) groups is 1. The average molecular weight is 453 g/mol. The molecule has 0 bridgehead atoms. The molecule has 1 unspecified atom stereocenters. The maximum absolute atomic E-state index is 13.1. The molecule has 9 heteroatoms. The number of rotatable bonds is 6. The van der Waals surface area contributed by atoms with Gasteiger partial charge in [-0.15, -0.1) is 11.3 Å². The molecular formula is C23H24N4O4S. The molecule has 0 aliphatic rings. The first-order valence-electron chi connectivity index (χ1n) is 10.3. The summed E-state index contributed by atoms with van der Waals surface area (Å²) < 4.78 is 2.51. The Morgan fingerprint density at radius 1 is 1.25 bits per heavy atom. The molecule has 0 radical (unpaired) electrons. The molecule has 3 heterocycles. The number of benzene rings is 1. The summed E-state index contributed by atoms with van der Waals surface area (Å²) in [7, 11) is 1.39. The zero-order valence-electron chi connectivity index (χ0n) is 18.2. The monoisotopic (exact) mass is 452 g/mol. The van der Waals surface area contributed by atoms with Crippen molar-refractivity contribution in [3.05, 3.63) is 84.6 Å². The second kappa shape index (κ2) is 8.23. The molecule has 0 fully saturated rings. The standard InChI is InChI=1S/C23H24N4O4S/c1-12(2)11-27-21-18(20(28)26(4)23(27)31)17(22(29)30)19(32-21)16(15-9-24-25-10-15)14-7-5-6-13(3)8-14/h5-10,12,16H,11H2,1-4H3,(H,24,25)(H,29,30). The van der Waals surface area contributed by atoms with E-state index in [4.69, 9.17) is 0 Å². The van der Waals surface area contributed by atoms with Crippen molar-refractivity contribution in [3.63, 3.8) is 0 Å². The molecule has 2 N–H and O–H groups in total. The highest BCUT2D eigenvalue weighted by Crippen LogP contribution is 2.41. The summed E-state index contributed by atoms with van der Waals surface area (Å²) >= 11 is 1.19. The third-order valence-corrected chi connectivity index (χ3v) is 6.73. The van der Waals surface area contributed by atoms with E-state index in [1.165, 1.54) is 23.0 Å². The first-order chi connectivity index (χ1) is 15.2. The molecule has 166 valence electrons. The number of H-pyrrole nitrogens is 1. The van der Waals surface area contributed by atoms with Gasteiger partial charge >= 0.3 is 11.7 Å². The van der Waals surface area contributed by atoms with E-state index < -0.39 is 23.1 Å². The number of aromatic carboxylic acids is 1. The minimum absolute atomic E-state index is 0.0594. The fourth-order valence-electron chi connectivity index (χ4n) is 4.05. The molecule has 4 aromatic rings. The van der Waals surface area contributed by atoms with Gasteiger partial charge in [0.2, 0.25) is 0 Å². The molecule has 0 amide bonds. The van der Waals surface area contributed by atoms with Crippen LogP contribution < -0.4 is 11.2 Å². The zero-order valence-corrected chi connectivity index (χ0v) is 19.1. The van der Waals surface area contributed by atoms with Crippen molar-refractivity contribution in [1.29, 1.82) is 0 Å². The van der Waals surface area contributed by atoms with Crippen LogP contribution in [0.3, 0.4) is 0 Å². The number of aromatic nitrogens is 4. The van der Waals surface area contributed by atoms with Gasteiger partial charge in [0.25, 0.3) is 5.56 Å². The van der Waals surface area contributed by atoms with E-state index in [2.05, 4.69) is 10.2 Å². The lowest BCUT2D eigenvalue weighted by Gasteiger charge is -2.16. The molecule has 0 saturated heterocycles. The van der Waals surface area contributed by atoms with Gasteiger partial charge in [0.1, 0.15) is 4.83 Å². The number of fused-ring (bicyclic) bond motifs is 1. The second-order valence-corrected chi connectivity index (χ2v) is 9.39. The molecule has 3 aromatic heterocycles. The van der Waals surface area contributed by atoms with Crippen LogP contribution in [0.15, 0.2) is 46.2 Å². The summed E-state index contributed by atoms with van der Waals surface area (Å²) in [6.45, 7) is 6.28. The number of aromatic amines is 1. The van der Waals surface area contributed by atoms with Crippen LogP contribution in [0.25, 0.3) is 10.2 Å². The van der Waals surface area contributed by atoms with E-state index >= 15 is 0 Å². The number of nitrogens with one attached hydrogen (secondary N) is 1. The Kier molecular flexibility index (Phi) is 5.60. The van der Waals surface area contributed by atoms with Crippen LogP contribution in [-0.4, -0.2) is 30.4 Å². The number of thiophene rings is 1. The maximum atomic E-state index is 13.1. The summed E-state index contributed by atoms with van der Waals surface area (Å²) in [6, 6.07) is 7.81. The van der Waals surface area contributed by atoms with Crippen LogP contribution >= 0.6 is 11.3 Å². The predicted octanol–water partition coefficient (Wildman–Crippen LogP) is 3.33. The molecule has 1 aromatic carbocycles. The molecule has 0 saturated carbocycles. The van der Waals surface area contributed by atoms with Crippen molar-refractivity contribution in [2.24, 2.45) is 13.0 Å². The highest BCUT2D eigenvalue weighted by molar-refractivity contribution is 7.19. The van der Waals surface area contributed by atoms with Gasteiger partial charge in [-0.3, -0.25) is 19.0 Å². The lowest BCUT2D eigenvalue weighted by Crippen LogP contribution is -2.38. The molecule has 0 aliphatic carbocycles. The number of nitrogens with zero attached hydrogens (tertiary/aromatic N) is 3. The normalized spacial score (nSPS) is 12.5. The Morgan fingerprint density at radius 2 is 2.00 bits per heavy atom. The van der Waals surface area contributed by atoms with Crippen LogP contribution in [0.4, 0.5) is 0 Å². The molecule has 1 atom stereocenters. The van der Waals surface area contributed by atoms with Gasteiger partial charge in [0.15, 0.2) is 0 Å². The Bertz CT molecular complexity index is 1430. The van der Waals surface area contributed by atoms with Crippen molar-refractivity contribution in [2.75, 3.05) is 0 Å². The minimum Gasteiger partial charge on any atom is -0.478 e. The SMILES string of the molecule is Cc1cccc(C(c2cn[nH]c2)c2sc3c(c2C(=O)O)c(=O)n(C)c(=O)n3CC(C)C)c1. The lowest BCUT2D eigenvalue weighted by atomic mass is 9.89. The first-order valence-corrected chi connectivity index (χ1v) is 11.1. The van der Waals surface area contributed by atoms with Gasteiger partial charge in [-0.25, -0.2) is 9.59 Å². The highest BCUT2D eigenvalue weighted by atomic mass is 32.1. The summed E-state index contributed by atoms with van der Waals surface area (Å²) in [5, 5.41) is 17.1. The summed E-state index contributed by atoms with van der Waals surface area (Å²) in [5.41, 5.74) is 1.59. The van der Waals surface area contributed by atoms with Crippen LogP contribution in [0.5, 0.6) is 0 Å². The van der Waals surface area contributed by atoms with Crippen LogP contribution in [-0.2, 0) is 13.6 Å². The van der Waals surface area contributed by atoms with Crippen molar-refractivity contribution in [3.8, 4) is 0 Å². The van der Waals surface area contributed by atoms with Gasteiger partial charge < -0.3 is 5.11 Å². The number of hydrogen-bond donors (Lipinski definition) is 2. The molecular weight excluding hydrogens is 428 g/mol. The van der Waals surface area contributed by atoms with E-state index in [1.54, 1.807) is 12.4 Å².